The van der Waals surface area contributed by atoms with Crippen LogP contribution in [0.2, 0.25) is 0 Å². The number of hydrogen-bond acceptors (Lipinski definition) is 5. The molecule has 20 heavy (non-hydrogen) atoms. The molecule has 100 valence electrons. The molecule has 1 N–H and O–H groups in total. The van der Waals surface area contributed by atoms with E-state index in [1.54, 1.807) is 11.3 Å². The van der Waals surface area contributed by atoms with Gasteiger partial charge in [0, 0.05) is 17.9 Å². The van der Waals surface area contributed by atoms with Gasteiger partial charge in [0.25, 0.3) is 0 Å². The molecule has 0 aromatic carbocycles. The quantitative estimate of drug-likeness (QED) is 0.935. The molecule has 0 saturated heterocycles. The third-order valence-electron chi connectivity index (χ3n) is 4.01. The molecule has 2 aromatic rings. The van der Waals surface area contributed by atoms with Crippen LogP contribution in [-0.2, 0) is 0 Å². The van der Waals surface area contributed by atoms with Crippen molar-refractivity contribution in [2.75, 3.05) is 5.32 Å². The molecule has 2 heterocycles. The van der Waals surface area contributed by atoms with Gasteiger partial charge in [0.1, 0.15) is 6.07 Å². The van der Waals surface area contributed by atoms with E-state index in [0.29, 0.717) is 29.3 Å². The van der Waals surface area contributed by atoms with E-state index in [1.807, 2.05) is 6.07 Å². The Morgan fingerprint density at radius 3 is 2.95 bits per heavy atom. The standard InChI is InChI=1S/C15H14N4S/c16-7-11-5-13(9-1-2-9)18-19-15(11)17-14-6-12(14)10-3-4-20-8-10/h3-5,8-9,12,14H,1-2,6H2,(H,17,19)/t12-,14+/m0/s1. The molecule has 2 aliphatic rings. The Kier molecular flexibility index (Phi) is 2.71. The van der Waals surface area contributed by atoms with Gasteiger partial charge in [-0.3, -0.25) is 0 Å². The van der Waals surface area contributed by atoms with E-state index in [9.17, 15) is 5.26 Å². The second-order valence-electron chi connectivity index (χ2n) is 5.57. The molecule has 0 amide bonds. The Balaban J connectivity index is 1.50. The van der Waals surface area contributed by atoms with Crippen molar-refractivity contribution in [2.24, 2.45) is 0 Å². The van der Waals surface area contributed by atoms with E-state index in [1.165, 1.54) is 18.4 Å². The lowest BCUT2D eigenvalue weighted by Gasteiger charge is -2.07. The van der Waals surface area contributed by atoms with E-state index >= 15 is 0 Å². The van der Waals surface area contributed by atoms with Gasteiger partial charge in [0.15, 0.2) is 5.82 Å². The largest absolute Gasteiger partial charge is 0.364 e. The first-order valence-electron chi connectivity index (χ1n) is 6.91. The molecule has 0 bridgehead atoms. The minimum absolute atomic E-state index is 0.387. The molecule has 0 unspecified atom stereocenters. The summed E-state index contributed by atoms with van der Waals surface area (Å²) in [6.45, 7) is 0. The Labute approximate surface area is 121 Å². The predicted octanol–water partition coefficient (Wildman–Crippen LogP) is 3.26. The van der Waals surface area contributed by atoms with Crippen molar-refractivity contribution in [3.8, 4) is 6.07 Å². The van der Waals surface area contributed by atoms with Crippen molar-refractivity contribution >= 4 is 17.2 Å². The molecular formula is C15H14N4S. The molecule has 0 aliphatic heterocycles. The van der Waals surface area contributed by atoms with Gasteiger partial charge in [-0.1, -0.05) is 0 Å². The fraction of sp³-hybridized carbons (Fsp3) is 0.400. The number of thiophene rings is 1. The Morgan fingerprint density at radius 2 is 2.25 bits per heavy atom. The zero-order valence-corrected chi connectivity index (χ0v) is 11.7. The summed E-state index contributed by atoms with van der Waals surface area (Å²) < 4.78 is 0. The fourth-order valence-electron chi connectivity index (χ4n) is 2.56. The van der Waals surface area contributed by atoms with Crippen LogP contribution in [0, 0.1) is 11.3 Å². The lowest BCUT2D eigenvalue weighted by atomic mass is 10.2. The minimum atomic E-state index is 0.387. The number of nitriles is 1. The highest BCUT2D eigenvalue weighted by Crippen LogP contribution is 2.44. The highest BCUT2D eigenvalue weighted by Gasteiger charge is 2.39. The Morgan fingerprint density at radius 1 is 1.35 bits per heavy atom. The maximum atomic E-state index is 9.27. The summed E-state index contributed by atoms with van der Waals surface area (Å²) in [6.07, 6.45) is 3.46. The van der Waals surface area contributed by atoms with Crippen LogP contribution in [0.5, 0.6) is 0 Å². The summed E-state index contributed by atoms with van der Waals surface area (Å²) in [4.78, 5) is 0. The van der Waals surface area contributed by atoms with E-state index < -0.39 is 0 Å². The molecular weight excluding hydrogens is 268 g/mol. The molecule has 5 heteroatoms. The third kappa shape index (κ3) is 2.16. The molecule has 2 fully saturated rings. The number of anilines is 1. The van der Waals surface area contributed by atoms with E-state index in [4.69, 9.17) is 0 Å². The van der Waals surface area contributed by atoms with E-state index in [-0.39, 0.29) is 0 Å². The molecule has 2 aliphatic carbocycles. The van der Waals surface area contributed by atoms with Crippen LogP contribution in [0.1, 0.15) is 47.9 Å². The van der Waals surface area contributed by atoms with Crippen molar-refractivity contribution in [3.63, 3.8) is 0 Å². The molecule has 0 spiro atoms. The molecule has 2 aromatic heterocycles. The summed E-state index contributed by atoms with van der Waals surface area (Å²) in [7, 11) is 0. The second-order valence-corrected chi connectivity index (χ2v) is 6.35. The molecule has 4 rings (SSSR count). The number of aromatic nitrogens is 2. The highest BCUT2D eigenvalue weighted by molar-refractivity contribution is 7.08. The fourth-order valence-corrected chi connectivity index (χ4v) is 3.29. The van der Waals surface area contributed by atoms with Crippen molar-refractivity contribution < 1.29 is 0 Å². The third-order valence-corrected chi connectivity index (χ3v) is 4.71. The summed E-state index contributed by atoms with van der Waals surface area (Å²) in [5, 5.41) is 25.4. The van der Waals surface area contributed by atoms with Crippen LogP contribution in [0.4, 0.5) is 5.82 Å². The van der Waals surface area contributed by atoms with Crippen LogP contribution in [0.25, 0.3) is 0 Å². The number of rotatable bonds is 4. The Hall–Kier alpha value is -1.93. The molecule has 0 radical (unpaired) electrons. The summed E-state index contributed by atoms with van der Waals surface area (Å²) in [5.74, 6) is 1.72. The summed E-state index contributed by atoms with van der Waals surface area (Å²) in [6, 6.07) is 6.69. The van der Waals surface area contributed by atoms with Crippen molar-refractivity contribution in [1.29, 1.82) is 5.26 Å². The zero-order valence-electron chi connectivity index (χ0n) is 10.9. The first-order valence-corrected chi connectivity index (χ1v) is 7.86. The van der Waals surface area contributed by atoms with Gasteiger partial charge in [-0.15, -0.1) is 5.10 Å². The SMILES string of the molecule is N#Cc1cc(C2CC2)nnc1N[C@@H]1C[C@H]1c1ccsc1. The topological polar surface area (TPSA) is 61.6 Å². The van der Waals surface area contributed by atoms with Crippen molar-refractivity contribution in [3.05, 3.63) is 39.7 Å². The lowest BCUT2D eigenvalue weighted by Crippen LogP contribution is -2.09. The molecule has 4 nitrogen and oxygen atoms in total. The van der Waals surface area contributed by atoms with Gasteiger partial charge < -0.3 is 5.32 Å². The van der Waals surface area contributed by atoms with Crippen LogP contribution in [0.3, 0.4) is 0 Å². The van der Waals surface area contributed by atoms with E-state index in [2.05, 4.69) is 38.4 Å². The van der Waals surface area contributed by atoms with Crippen molar-refractivity contribution in [1.82, 2.24) is 10.2 Å². The van der Waals surface area contributed by atoms with Crippen LogP contribution in [-0.4, -0.2) is 16.2 Å². The normalized spacial score (nSPS) is 24.1. The highest BCUT2D eigenvalue weighted by atomic mass is 32.1. The van der Waals surface area contributed by atoms with Crippen LogP contribution >= 0.6 is 11.3 Å². The Bertz CT molecular complexity index is 670. The maximum absolute atomic E-state index is 9.27. The predicted molar refractivity (Wildman–Crippen MR) is 77.8 cm³/mol. The molecule has 2 atom stereocenters. The molecule has 2 saturated carbocycles. The average Bonchev–Trinajstić information content (AvgIpc) is 3.40. The first kappa shape index (κ1) is 11.9. The number of hydrogen-bond donors (Lipinski definition) is 1. The van der Waals surface area contributed by atoms with Gasteiger partial charge in [-0.25, -0.2) is 0 Å². The van der Waals surface area contributed by atoms with Crippen LogP contribution in [0.15, 0.2) is 22.9 Å². The average molecular weight is 282 g/mol. The first-order chi connectivity index (χ1) is 9.85. The zero-order chi connectivity index (χ0) is 13.5. The van der Waals surface area contributed by atoms with E-state index in [0.717, 1.165) is 12.1 Å². The second kappa shape index (κ2) is 4.57. The smallest absolute Gasteiger partial charge is 0.166 e. The van der Waals surface area contributed by atoms with Gasteiger partial charge in [0.2, 0.25) is 0 Å². The van der Waals surface area contributed by atoms with Crippen molar-refractivity contribution in [2.45, 2.75) is 37.1 Å². The van der Waals surface area contributed by atoms with Gasteiger partial charge in [0.05, 0.1) is 11.3 Å². The minimum Gasteiger partial charge on any atom is -0.364 e. The van der Waals surface area contributed by atoms with Crippen LogP contribution < -0.4 is 5.32 Å². The summed E-state index contributed by atoms with van der Waals surface area (Å²) >= 11 is 1.73. The maximum Gasteiger partial charge on any atom is 0.166 e. The lowest BCUT2D eigenvalue weighted by molar-refractivity contribution is 0.896. The monoisotopic (exact) mass is 282 g/mol. The van der Waals surface area contributed by atoms with Gasteiger partial charge >= 0.3 is 0 Å². The van der Waals surface area contributed by atoms with Gasteiger partial charge in [-0.05, 0) is 47.7 Å². The summed E-state index contributed by atoms with van der Waals surface area (Å²) in [5.41, 5.74) is 2.98. The number of nitrogens with zero attached hydrogens (tertiary/aromatic N) is 3. The number of nitrogens with one attached hydrogen (secondary N) is 1. The van der Waals surface area contributed by atoms with Gasteiger partial charge in [-0.2, -0.15) is 21.7 Å².